The highest BCUT2D eigenvalue weighted by Crippen LogP contribution is 2.38. The summed E-state index contributed by atoms with van der Waals surface area (Å²) in [6.07, 6.45) is 3.24. The molecule has 0 atom stereocenters. The Morgan fingerprint density at radius 2 is 1.40 bits per heavy atom. The summed E-state index contributed by atoms with van der Waals surface area (Å²) in [5.74, 6) is 1.45. The lowest BCUT2D eigenvalue weighted by molar-refractivity contribution is -0.127. The van der Waals surface area contributed by atoms with Gasteiger partial charge in [0.15, 0.2) is 11.5 Å². The molecule has 7 nitrogen and oxygen atoms in total. The van der Waals surface area contributed by atoms with Crippen LogP contribution in [0.25, 0.3) is 6.08 Å². The second-order valence-corrected chi connectivity index (χ2v) is 6.78. The zero-order chi connectivity index (χ0) is 21.5. The molecule has 158 valence electrons. The van der Waals surface area contributed by atoms with E-state index in [9.17, 15) is 9.59 Å². The van der Waals surface area contributed by atoms with Crippen molar-refractivity contribution in [1.82, 2.24) is 9.80 Å². The molecule has 1 aliphatic rings. The molecule has 2 aromatic carbocycles. The molecule has 0 bridgehead atoms. The van der Waals surface area contributed by atoms with Gasteiger partial charge in [-0.15, -0.1) is 0 Å². The second kappa shape index (κ2) is 9.82. The summed E-state index contributed by atoms with van der Waals surface area (Å²) in [5.41, 5.74) is 1.43. The molecule has 0 radical (unpaired) electrons. The number of rotatable bonds is 6. The Morgan fingerprint density at radius 3 is 1.93 bits per heavy atom. The van der Waals surface area contributed by atoms with Crippen LogP contribution in [-0.2, 0) is 4.79 Å². The highest BCUT2D eigenvalue weighted by atomic mass is 16.5. The number of nitrogens with zero attached hydrogens (tertiary/aromatic N) is 2. The van der Waals surface area contributed by atoms with E-state index in [4.69, 9.17) is 14.2 Å². The Kier molecular flexibility index (Phi) is 6.95. The molecular formula is C23H26N2O5. The molecule has 1 heterocycles. The molecule has 1 saturated heterocycles. The third-order valence-electron chi connectivity index (χ3n) is 5.00. The lowest BCUT2D eigenvalue weighted by Crippen LogP contribution is -2.50. The van der Waals surface area contributed by atoms with Crippen molar-refractivity contribution in [3.8, 4) is 17.2 Å². The maximum atomic E-state index is 12.6. The van der Waals surface area contributed by atoms with Crippen LogP contribution in [0, 0.1) is 0 Å². The predicted octanol–water partition coefficient (Wildman–Crippen LogP) is 2.71. The lowest BCUT2D eigenvalue weighted by Gasteiger charge is -2.34. The van der Waals surface area contributed by atoms with Crippen molar-refractivity contribution in [3.05, 3.63) is 59.7 Å². The standard InChI is InChI=1S/C23H26N2O5/c1-28-19-15-17(16-20(29-2)22(19)30-3)9-10-21(26)24-11-13-25(14-12-24)23(27)18-7-5-4-6-8-18/h4-10,15-16H,11-14H2,1-3H3/b10-9+. The molecule has 2 aromatic rings. The third-order valence-corrected chi connectivity index (χ3v) is 5.00. The molecule has 0 N–H and O–H groups in total. The van der Waals surface area contributed by atoms with Crippen molar-refractivity contribution in [2.24, 2.45) is 0 Å². The predicted molar refractivity (Wildman–Crippen MR) is 114 cm³/mol. The van der Waals surface area contributed by atoms with Gasteiger partial charge in [-0.05, 0) is 35.9 Å². The third kappa shape index (κ3) is 4.74. The fourth-order valence-corrected chi connectivity index (χ4v) is 3.36. The van der Waals surface area contributed by atoms with Crippen molar-refractivity contribution in [3.63, 3.8) is 0 Å². The van der Waals surface area contributed by atoms with Crippen molar-refractivity contribution in [1.29, 1.82) is 0 Å². The zero-order valence-electron chi connectivity index (χ0n) is 17.5. The number of amides is 2. The zero-order valence-corrected chi connectivity index (χ0v) is 17.5. The summed E-state index contributed by atoms with van der Waals surface area (Å²) in [5, 5.41) is 0. The molecular weight excluding hydrogens is 384 g/mol. The largest absolute Gasteiger partial charge is 0.493 e. The minimum absolute atomic E-state index is 0.00401. The number of hydrogen-bond donors (Lipinski definition) is 0. The van der Waals surface area contributed by atoms with Crippen LogP contribution in [0.15, 0.2) is 48.5 Å². The minimum Gasteiger partial charge on any atom is -0.493 e. The van der Waals surface area contributed by atoms with Gasteiger partial charge in [0, 0.05) is 37.8 Å². The fourth-order valence-electron chi connectivity index (χ4n) is 3.36. The van der Waals surface area contributed by atoms with Gasteiger partial charge in [-0.1, -0.05) is 18.2 Å². The number of methoxy groups -OCH3 is 3. The molecule has 30 heavy (non-hydrogen) atoms. The van der Waals surface area contributed by atoms with Crippen molar-refractivity contribution < 1.29 is 23.8 Å². The van der Waals surface area contributed by atoms with E-state index < -0.39 is 0 Å². The second-order valence-electron chi connectivity index (χ2n) is 6.78. The number of benzene rings is 2. The van der Waals surface area contributed by atoms with E-state index >= 15 is 0 Å². The van der Waals surface area contributed by atoms with E-state index in [-0.39, 0.29) is 11.8 Å². The van der Waals surface area contributed by atoms with E-state index in [2.05, 4.69) is 0 Å². The maximum absolute atomic E-state index is 12.6. The van der Waals surface area contributed by atoms with E-state index in [1.807, 2.05) is 18.2 Å². The summed E-state index contributed by atoms with van der Waals surface area (Å²) in [4.78, 5) is 28.7. The molecule has 7 heteroatoms. The van der Waals surface area contributed by atoms with Gasteiger partial charge in [-0.2, -0.15) is 0 Å². The Hall–Kier alpha value is -3.48. The summed E-state index contributed by atoms with van der Waals surface area (Å²) in [6.45, 7) is 2.02. The minimum atomic E-state index is -0.101. The first-order chi connectivity index (χ1) is 14.6. The van der Waals surface area contributed by atoms with E-state index in [0.717, 1.165) is 5.56 Å². The molecule has 0 saturated carbocycles. The smallest absolute Gasteiger partial charge is 0.253 e. The Labute approximate surface area is 176 Å². The maximum Gasteiger partial charge on any atom is 0.253 e. The Bertz CT molecular complexity index is 893. The lowest BCUT2D eigenvalue weighted by atomic mass is 10.1. The van der Waals surface area contributed by atoms with Gasteiger partial charge < -0.3 is 24.0 Å². The Balaban J connectivity index is 1.62. The Morgan fingerprint density at radius 1 is 0.833 bits per heavy atom. The SMILES string of the molecule is COc1cc(/C=C/C(=O)N2CCN(C(=O)c3ccccc3)CC2)cc(OC)c1OC. The molecule has 1 fully saturated rings. The normalized spacial score (nSPS) is 14.0. The summed E-state index contributed by atoms with van der Waals surface area (Å²) < 4.78 is 16.0. The van der Waals surface area contributed by atoms with Crippen LogP contribution in [0.2, 0.25) is 0 Å². The first kappa shape index (κ1) is 21.2. The van der Waals surface area contributed by atoms with Crippen LogP contribution >= 0.6 is 0 Å². The first-order valence-corrected chi connectivity index (χ1v) is 9.68. The topological polar surface area (TPSA) is 68.3 Å². The van der Waals surface area contributed by atoms with Gasteiger partial charge >= 0.3 is 0 Å². The quantitative estimate of drug-likeness (QED) is 0.685. The van der Waals surface area contributed by atoms with Gasteiger partial charge in [0.05, 0.1) is 21.3 Å². The van der Waals surface area contributed by atoms with Gasteiger partial charge in [0.25, 0.3) is 5.91 Å². The summed E-state index contributed by atoms with van der Waals surface area (Å²) >= 11 is 0. The van der Waals surface area contributed by atoms with Crippen molar-refractivity contribution >= 4 is 17.9 Å². The van der Waals surface area contributed by atoms with E-state index in [1.165, 1.54) is 6.08 Å². The molecule has 2 amide bonds. The number of carbonyl (C=O) groups excluding carboxylic acids is 2. The van der Waals surface area contributed by atoms with Crippen LogP contribution < -0.4 is 14.2 Å². The average Bonchev–Trinajstić information content (AvgIpc) is 2.81. The summed E-state index contributed by atoms with van der Waals surface area (Å²) in [6, 6.07) is 12.7. The van der Waals surface area contributed by atoms with E-state index in [1.54, 1.807) is 61.5 Å². The highest BCUT2D eigenvalue weighted by Gasteiger charge is 2.23. The molecule has 3 rings (SSSR count). The van der Waals surface area contributed by atoms with Crippen molar-refractivity contribution in [2.75, 3.05) is 47.5 Å². The molecule has 0 unspecified atom stereocenters. The molecule has 1 aliphatic heterocycles. The van der Waals surface area contributed by atoms with Crippen LogP contribution in [-0.4, -0.2) is 69.1 Å². The molecule has 0 spiro atoms. The van der Waals surface area contributed by atoms with Crippen molar-refractivity contribution in [2.45, 2.75) is 0 Å². The average molecular weight is 410 g/mol. The van der Waals surface area contributed by atoms with Crippen LogP contribution in [0.3, 0.4) is 0 Å². The van der Waals surface area contributed by atoms with Crippen LogP contribution in [0.5, 0.6) is 17.2 Å². The number of piperazine rings is 1. The molecule has 0 aromatic heterocycles. The summed E-state index contributed by atoms with van der Waals surface area (Å²) in [7, 11) is 4.64. The van der Waals surface area contributed by atoms with Gasteiger partial charge in [0.1, 0.15) is 0 Å². The molecule has 0 aliphatic carbocycles. The van der Waals surface area contributed by atoms with Gasteiger partial charge in [-0.25, -0.2) is 0 Å². The van der Waals surface area contributed by atoms with Crippen LogP contribution in [0.4, 0.5) is 0 Å². The van der Waals surface area contributed by atoms with Gasteiger partial charge in [0.2, 0.25) is 11.7 Å². The number of carbonyl (C=O) groups is 2. The number of hydrogen-bond acceptors (Lipinski definition) is 5. The van der Waals surface area contributed by atoms with E-state index in [0.29, 0.717) is 49.0 Å². The number of ether oxygens (including phenoxy) is 3. The highest BCUT2D eigenvalue weighted by molar-refractivity contribution is 5.95. The van der Waals surface area contributed by atoms with Gasteiger partial charge in [-0.3, -0.25) is 9.59 Å². The fraction of sp³-hybridized carbons (Fsp3) is 0.304. The monoisotopic (exact) mass is 410 g/mol. The first-order valence-electron chi connectivity index (χ1n) is 9.68. The van der Waals surface area contributed by atoms with Crippen LogP contribution in [0.1, 0.15) is 15.9 Å².